The first-order valence-electron chi connectivity index (χ1n) is 11.5. The molecule has 0 heterocycles. The van der Waals surface area contributed by atoms with Gasteiger partial charge in [-0.05, 0) is 62.0 Å². The molecular weight excluding hydrogens is 540 g/mol. The summed E-state index contributed by atoms with van der Waals surface area (Å²) in [4.78, 5) is 0. The second kappa shape index (κ2) is 11.9. The van der Waals surface area contributed by atoms with E-state index < -0.39 is 15.6 Å². The van der Waals surface area contributed by atoms with Gasteiger partial charge >= 0.3 is 0 Å². The molecule has 32 heavy (non-hydrogen) atoms. The highest BCUT2D eigenvalue weighted by atomic mass is 127. The number of benzene rings is 3. The fraction of sp³-hybridized carbons (Fsp3) is 0.357. The van der Waals surface area contributed by atoms with Crippen LogP contribution in [-0.4, -0.2) is 20.6 Å². The number of halogens is 1. The molecule has 4 heteroatoms. The van der Waals surface area contributed by atoms with Gasteiger partial charge in [-0.3, -0.25) is 0 Å². The topological polar surface area (TPSA) is 9.23 Å². The molecule has 0 bridgehead atoms. The van der Waals surface area contributed by atoms with Crippen molar-refractivity contribution in [1.82, 2.24) is 0 Å². The Labute approximate surface area is 214 Å². The molecule has 0 saturated carbocycles. The predicted molar refractivity (Wildman–Crippen MR) is 142 cm³/mol. The first-order chi connectivity index (χ1) is 14.7. The first-order valence-corrected chi connectivity index (χ1v) is 16.8. The zero-order valence-electron chi connectivity index (χ0n) is 20.3. The van der Waals surface area contributed by atoms with E-state index in [0.29, 0.717) is 11.8 Å². The Morgan fingerprint density at radius 1 is 0.656 bits per heavy atom. The van der Waals surface area contributed by atoms with Crippen LogP contribution in [0.5, 0.6) is 0 Å². The van der Waals surface area contributed by atoms with E-state index in [9.17, 15) is 0 Å². The minimum Gasteiger partial charge on any atom is -1.00 e. The molecule has 1 nitrogen and oxygen atoms in total. The highest BCUT2D eigenvalue weighted by molar-refractivity contribution is 7.95. The average molecular weight is 579 g/mol. The maximum atomic E-state index is 6.77. The summed E-state index contributed by atoms with van der Waals surface area (Å²) in [5.41, 5.74) is 0. The highest BCUT2D eigenvalue weighted by Crippen LogP contribution is 2.57. The fourth-order valence-electron chi connectivity index (χ4n) is 4.66. The fourth-order valence-corrected chi connectivity index (χ4v) is 10.6. The molecule has 172 valence electrons. The summed E-state index contributed by atoms with van der Waals surface area (Å²) >= 11 is 0. The van der Waals surface area contributed by atoms with Crippen molar-refractivity contribution in [2.24, 2.45) is 11.8 Å². The second-order valence-corrected chi connectivity index (χ2v) is 17.9. The van der Waals surface area contributed by atoms with E-state index in [1.54, 1.807) is 0 Å². The molecular formula is C28H38IOPSi. The van der Waals surface area contributed by atoms with Gasteiger partial charge in [0.15, 0.2) is 8.32 Å². The highest BCUT2D eigenvalue weighted by Gasteiger charge is 2.48. The Morgan fingerprint density at radius 3 is 1.28 bits per heavy atom. The molecule has 0 radical (unpaired) electrons. The Balaban J connectivity index is 0.00000363. The maximum absolute atomic E-state index is 6.77. The molecule has 0 unspecified atom stereocenters. The van der Waals surface area contributed by atoms with E-state index in [1.165, 1.54) is 15.9 Å². The van der Waals surface area contributed by atoms with Gasteiger partial charge in [0.25, 0.3) is 0 Å². The van der Waals surface area contributed by atoms with Crippen molar-refractivity contribution in [3.05, 3.63) is 91.0 Å². The number of hydrogen-bond donors (Lipinski definition) is 0. The van der Waals surface area contributed by atoms with Crippen molar-refractivity contribution in [3.63, 3.8) is 0 Å². The van der Waals surface area contributed by atoms with Gasteiger partial charge in [-0.2, -0.15) is 0 Å². The third-order valence-corrected chi connectivity index (χ3v) is 11.5. The van der Waals surface area contributed by atoms with Gasteiger partial charge in [-0.1, -0.05) is 75.4 Å². The van der Waals surface area contributed by atoms with Crippen LogP contribution in [0.3, 0.4) is 0 Å². The van der Waals surface area contributed by atoms with Crippen LogP contribution in [0.25, 0.3) is 0 Å². The van der Waals surface area contributed by atoms with Crippen molar-refractivity contribution in [2.45, 2.75) is 46.5 Å². The Kier molecular flexibility index (Phi) is 10.1. The molecule has 0 aromatic heterocycles. The maximum Gasteiger partial charge on any atom is 0.184 e. The van der Waals surface area contributed by atoms with Crippen LogP contribution in [0.2, 0.25) is 19.6 Å². The van der Waals surface area contributed by atoms with E-state index in [2.05, 4.69) is 131 Å². The minimum atomic E-state index is -1.83. The predicted octanol–water partition coefficient (Wildman–Crippen LogP) is 3.50. The smallest absolute Gasteiger partial charge is 0.184 e. The van der Waals surface area contributed by atoms with Crippen LogP contribution in [0.1, 0.15) is 20.8 Å². The van der Waals surface area contributed by atoms with E-state index in [4.69, 9.17) is 4.43 Å². The molecule has 3 aromatic carbocycles. The van der Waals surface area contributed by atoms with E-state index in [1.807, 2.05) is 0 Å². The summed E-state index contributed by atoms with van der Waals surface area (Å²) in [5, 5.41) is 4.36. The average Bonchev–Trinajstić information content (AvgIpc) is 2.77. The molecule has 0 fully saturated rings. The third-order valence-electron chi connectivity index (χ3n) is 5.86. The lowest BCUT2D eigenvalue weighted by Crippen LogP contribution is -3.00. The Hall–Kier alpha value is -1.00. The molecule has 3 aromatic rings. The van der Waals surface area contributed by atoms with Crippen LogP contribution in [0, 0.1) is 11.8 Å². The summed E-state index contributed by atoms with van der Waals surface area (Å²) in [6, 6.07) is 33.6. The molecule has 0 N–H and O–H groups in total. The monoisotopic (exact) mass is 578 g/mol. The normalized spacial score (nSPS) is 14.0. The van der Waals surface area contributed by atoms with Gasteiger partial charge in [0.1, 0.15) is 23.2 Å². The molecule has 0 amide bonds. The summed E-state index contributed by atoms with van der Waals surface area (Å²) in [5.74, 6) is 0.937. The van der Waals surface area contributed by atoms with Gasteiger partial charge in [-0.15, -0.1) is 0 Å². The van der Waals surface area contributed by atoms with Gasteiger partial charge in [0.2, 0.25) is 0 Å². The van der Waals surface area contributed by atoms with Crippen molar-refractivity contribution in [1.29, 1.82) is 0 Å². The summed E-state index contributed by atoms with van der Waals surface area (Å²) in [6.45, 7) is 14.0. The molecule has 0 aliphatic carbocycles. The summed E-state index contributed by atoms with van der Waals surface area (Å²) in [7, 11) is -3.48. The molecule has 0 aliphatic rings. The lowest BCUT2D eigenvalue weighted by molar-refractivity contribution is -0.00000799. The molecule has 0 aliphatic heterocycles. The largest absolute Gasteiger partial charge is 1.00 e. The zero-order valence-corrected chi connectivity index (χ0v) is 24.4. The van der Waals surface area contributed by atoms with Crippen LogP contribution in [0.15, 0.2) is 91.0 Å². The summed E-state index contributed by atoms with van der Waals surface area (Å²) in [6.07, 6.45) is 1.38. The van der Waals surface area contributed by atoms with Gasteiger partial charge < -0.3 is 28.4 Å². The number of rotatable bonds is 9. The number of hydrogen-bond acceptors (Lipinski definition) is 1. The lowest BCUT2D eigenvalue weighted by Gasteiger charge is -2.37. The van der Waals surface area contributed by atoms with Crippen LogP contribution in [-0.2, 0) is 4.43 Å². The van der Waals surface area contributed by atoms with Crippen molar-refractivity contribution in [3.8, 4) is 0 Å². The minimum absolute atomic E-state index is 0. The molecule has 3 rings (SSSR count). The standard InChI is InChI=1S/C28H38OPSi.HI/c1-23(2)28(29-31(4,5)6)24(3)22-30(25-16-10-7-11-17-25,26-18-12-8-13-19-26)27-20-14-9-15-21-27;/h7-21,23-24,28H,22H2,1-6H3;1H/q+1;/p-1/t24-,28+;/m0./s1/i22+2;. The molecule has 2 atom stereocenters. The van der Waals surface area contributed by atoms with Gasteiger partial charge in [-0.25, -0.2) is 0 Å². The Bertz CT molecular complexity index is 829. The van der Waals surface area contributed by atoms with Crippen molar-refractivity contribution >= 4 is 31.5 Å². The zero-order chi connectivity index (χ0) is 22.5. The molecule has 0 spiro atoms. The van der Waals surface area contributed by atoms with Crippen LogP contribution < -0.4 is 39.9 Å². The van der Waals surface area contributed by atoms with Crippen molar-refractivity contribution in [2.75, 3.05) is 6.16 Å². The van der Waals surface area contributed by atoms with Crippen LogP contribution in [0.4, 0.5) is 0 Å². The second-order valence-electron chi connectivity index (χ2n) is 9.92. The summed E-state index contributed by atoms with van der Waals surface area (Å²) < 4.78 is 6.77. The molecule has 0 saturated heterocycles. The Morgan fingerprint density at radius 2 is 1.00 bits per heavy atom. The van der Waals surface area contributed by atoms with E-state index in [0.717, 1.165) is 6.16 Å². The lowest BCUT2D eigenvalue weighted by atomic mass is 10.0. The van der Waals surface area contributed by atoms with Crippen molar-refractivity contribution < 1.29 is 28.4 Å². The third kappa shape index (κ3) is 6.53. The van der Waals surface area contributed by atoms with Gasteiger partial charge in [0.05, 0.1) is 12.3 Å². The van der Waals surface area contributed by atoms with E-state index in [-0.39, 0.29) is 30.1 Å². The first kappa shape index (κ1) is 27.2. The van der Waals surface area contributed by atoms with Gasteiger partial charge in [0, 0.05) is 5.92 Å². The quantitative estimate of drug-likeness (QED) is 0.215. The van der Waals surface area contributed by atoms with E-state index >= 15 is 0 Å². The SMILES string of the molecule is CC(C)[C@@H](O[Si](C)(C)C)[C@@H](C)[14CH2][P+](c1ccccc1)(c1ccccc1)c1ccccc1.[I-]. The van der Waals surface area contributed by atoms with Crippen LogP contribution >= 0.6 is 7.26 Å².